The molecule has 0 unspecified atom stereocenters. The number of ether oxygens (including phenoxy) is 2. The Balaban J connectivity index is 0.00000361. The molecule has 36 heavy (non-hydrogen) atoms. The van der Waals surface area contributed by atoms with Crippen LogP contribution in [0.25, 0.3) is 0 Å². The molecule has 0 aliphatic carbocycles. The lowest BCUT2D eigenvalue weighted by atomic mass is 9.86. The maximum atomic E-state index is 13.6. The van der Waals surface area contributed by atoms with Crippen LogP contribution in [0.2, 0.25) is 0 Å². The van der Waals surface area contributed by atoms with Crippen molar-refractivity contribution in [1.82, 2.24) is 10.2 Å². The van der Waals surface area contributed by atoms with E-state index in [0.717, 1.165) is 17.7 Å². The molecule has 1 N–H and O–H groups in total. The van der Waals surface area contributed by atoms with Crippen LogP contribution in [0.15, 0.2) is 48.5 Å². The van der Waals surface area contributed by atoms with Crippen molar-refractivity contribution in [3.63, 3.8) is 0 Å². The highest BCUT2D eigenvalue weighted by Crippen LogP contribution is 2.35. The zero-order chi connectivity index (χ0) is 25.1. The monoisotopic (exact) mass is 523 g/mol. The molecule has 10 heteroatoms. The minimum atomic E-state index is -4.43. The van der Waals surface area contributed by atoms with Crippen molar-refractivity contribution in [2.45, 2.75) is 50.0 Å². The van der Waals surface area contributed by atoms with Crippen molar-refractivity contribution in [1.29, 1.82) is 5.26 Å². The summed E-state index contributed by atoms with van der Waals surface area (Å²) in [4.78, 5) is 15.7. The first-order valence-corrected chi connectivity index (χ1v) is 11.7. The molecule has 194 valence electrons. The van der Waals surface area contributed by atoms with Crippen molar-refractivity contribution < 1.29 is 27.4 Å². The predicted octanol–water partition coefficient (Wildman–Crippen LogP) is 4.88. The Bertz CT molecular complexity index is 1080. The van der Waals surface area contributed by atoms with Gasteiger partial charge in [0.15, 0.2) is 0 Å². The van der Waals surface area contributed by atoms with Crippen LogP contribution in [0, 0.1) is 11.3 Å². The van der Waals surface area contributed by atoms with Gasteiger partial charge in [-0.3, -0.25) is 9.69 Å². The number of alkyl halides is 3. The quantitative estimate of drug-likeness (QED) is 0.584. The molecule has 2 atom stereocenters. The van der Waals surface area contributed by atoms with Gasteiger partial charge in [-0.05, 0) is 62.1 Å². The minimum Gasteiger partial charge on any atom is -0.489 e. The van der Waals surface area contributed by atoms with Gasteiger partial charge in [0.05, 0.1) is 23.2 Å². The number of rotatable bonds is 6. The number of carbonyl (C=O) groups is 1. The van der Waals surface area contributed by atoms with E-state index in [2.05, 4.69) is 16.3 Å². The molecule has 2 saturated heterocycles. The topological polar surface area (TPSA) is 74.6 Å². The highest BCUT2D eigenvalue weighted by atomic mass is 35.5. The zero-order valence-electron chi connectivity index (χ0n) is 19.9. The van der Waals surface area contributed by atoms with E-state index in [9.17, 15) is 18.0 Å². The Morgan fingerprint density at radius 2 is 1.92 bits per heavy atom. The molecule has 2 aliphatic rings. The maximum absolute atomic E-state index is 13.6. The van der Waals surface area contributed by atoms with Gasteiger partial charge in [-0.2, -0.15) is 18.4 Å². The molecule has 0 radical (unpaired) electrons. The van der Waals surface area contributed by atoms with Gasteiger partial charge in [-0.25, -0.2) is 0 Å². The normalized spacial score (nSPS) is 20.6. The predicted molar refractivity (Wildman–Crippen MR) is 130 cm³/mol. The summed E-state index contributed by atoms with van der Waals surface area (Å²) in [6, 6.07) is 13.8. The number of hydrogen-bond donors (Lipinski definition) is 1. The maximum Gasteiger partial charge on any atom is 0.416 e. The van der Waals surface area contributed by atoms with Crippen LogP contribution in [0.3, 0.4) is 0 Å². The van der Waals surface area contributed by atoms with Gasteiger partial charge in [0.2, 0.25) is 5.91 Å². The fourth-order valence-electron chi connectivity index (χ4n) is 4.81. The molecule has 0 aromatic heterocycles. The number of benzene rings is 2. The lowest BCUT2D eigenvalue weighted by Gasteiger charge is -2.43. The smallest absolute Gasteiger partial charge is 0.416 e. The van der Waals surface area contributed by atoms with Crippen LogP contribution in [-0.4, -0.2) is 48.8 Å². The number of halogens is 4. The number of likely N-dealkylation sites (tertiary alicyclic amines) is 1. The molecule has 2 heterocycles. The van der Waals surface area contributed by atoms with Gasteiger partial charge >= 0.3 is 6.18 Å². The highest BCUT2D eigenvalue weighted by molar-refractivity contribution is 5.87. The molecular weight excluding hydrogens is 495 g/mol. The molecular formula is C26H29ClF3N3O3. The summed E-state index contributed by atoms with van der Waals surface area (Å²) >= 11 is 0. The van der Waals surface area contributed by atoms with E-state index in [1.165, 1.54) is 12.1 Å². The van der Waals surface area contributed by atoms with Crippen LogP contribution >= 0.6 is 12.4 Å². The van der Waals surface area contributed by atoms with E-state index in [4.69, 9.17) is 14.7 Å². The molecule has 0 bridgehead atoms. The highest BCUT2D eigenvalue weighted by Gasteiger charge is 2.48. The van der Waals surface area contributed by atoms with E-state index in [1.807, 2.05) is 19.1 Å². The van der Waals surface area contributed by atoms with Crippen molar-refractivity contribution in [2.24, 2.45) is 0 Å². The van der Waals surface area contributed by atoms with Crippen molar-refractivity contribution in [2.75, 3.05) is 26.3 Å². The summed E-state index contributed by atoms with van der Waals surface area (Å²) in [5.41, 5.74) is -0.0731. The van der Waals surface area contributed by atoms with Crippen LogP contribution in [-0.2, 0) is 15.7 Å². The first-order chi connectivity index (χ1) is 16.7. The number of nitrogens with one attached hydrogen (secondary N) is 1. The zero-order valence-corrected chi connectivity index (χ0v) is 20.7. The molecule has 4 rings (SSSR count). The van der Waals surface area contributed by atoms with E-state index in [1.54, 1.807) is 12.1 Å². The number of hydrogen-bond acceptors (Lipinski definition) is 5. The second-order valence-electron chi connectivity index (χ2n) is 9.07. The SMILES string of the molecule is C[C@H](NC(=O)C1(N2CC[C@@H](Oc3cccc(C(F)(F)F)c3)C2)CCOCC1)c1ccc(C#N)cc1.Cl. The standard InChI is InChI=1S/C26H28F3N3O3.ClH/c1-18(20-7-5-19(16-30)6-8-20)31-24(33)25(10-13-34-14-11-25)32-12-9-23(17-32)35-22-4-2-3-21(15-22)26(27,28)29;/h2-8,15,18,23H,9-14,17H2,1H3,(H,31,33);1H/t18-,23+;/m0./s1. The second-order valence-corrected chi connectivity index (χ2v) is 9.07. The Labute approximate surface area is 214 Å². The van der Waals surface area contributed by atoms with Crippen molar-refractivity contribution in [3.05, 3.63) is 65.2 Å². The van der Waals surface area contributed by atoms with E-state index in [-0.39, 0.29) is 36.2 Å². The van der Waals surface area contributed by atoms with Gasteiger partial charge < -0.3 is 14.8 Å². The first kappa shape index (κ1) is 27.8. The Morgan fingerprint density at radius 1 is 1.22 bits per heavy atom. The fraction of sp³-hybridized carbons (Fsp3) is 0.462. The molecule has 0 spiro atoms. The number of nitriles is 1. The average Bonchev–Trinajstić information content (AvgIpc) is 3.33. The van der Waals surface area contributed by atoms with Crippen LogP contribution in [0.4, 0.5) is 13.2 Å². The van der Waals surface area contributed by atoms with Crippen LogP contribution < -0.4 is 10.1 Å². The van der Waals surface area contributed by atoms with Crippen molar-refractivity contribution >= 4 is 18.3 Å². The van der Waals surface area contributed by atoms with Crippen LogP contribution in [0.5, 0.6) is 5.75 Å². The molecule has 1 amide bonds. The van der Waals surface area contributed by atoms with Gasteiger partial charge in [-0.1, -0.05) is 18.2 Å². The molecule has 0 saturated carbocycles. The van der Waals surface area contributed by atoms with Gasteiger partial charge in [0, 0.05) is 26.3 Å². The molecule has 2 aromatic rings. The average molecular weight is 524 g/mol. The van der Waals surface area contributed by atoms with Gasteiger partial charge in [0.25, 0.3) is 0 Å². The van der Waals surface area contributed by atoms with Crippen LogP contribution in [0.1, 0.15) is 48.9 Å². The van der Waals surface area contributed by atoms with E-state index >= 15 is 0 Å². The minimum absolute atomic E-state index is 0. The summed E-state index contributed by atoms with van der Waals surface area (Å²) in [5.74, 6) is 0.0731. The summed E-state index contributed by atoms with van der Waals surface area (Å²) in [6.07, 6.45) is -3.10. The van der Waals surface area contributed by atoms with E-state index in [0.29, 0.717) is 51.1 Å². The molecule has 6 nitrogen and oxygen atoms in total. The fourth-order valence-corrected chi connectivity index (χ4v) is 4.81. The second kappa shape index (κ2) is 11.5. The Morgan fingerprint density at radius 3 is 2.56 bits per heavy atom. The number of carbonyl (C=O) groups excluding carboxylic acids is 1. The lowest BCUT2D eigenvalue weighted by Crippen LogP contribution is -2.61. The van der Waals surface area contributed by atoms with E-state index < -0.39 is 17.3 Å². The lowest BCUT2D eigenvalue weighted by molar-refractivity contribution is -0.141. The van der Waals surface area contributed by atoms with Crippen molar-refractivity contribution in [3.8, 4) is 11.8 Å². The Hall–Kier alpha value is -2.80. The molecule has 2 aromatic carbocycles. The van der Waals surface area contributed by atoms with Gasteiger partial charge in [-0.15, -0.1) is 12.4 Å². The third-order valence-electron chi connectivity index (χ3n) is 6.84. The summed E-state index contributed by atoms with van der Waals surface area (Å²) < 4.78 is 50.6. The largest absolute Gasteiger partial charge is 0.489 e. The summed E-state index contributed by atoms with van der Waals surface area (Å²) in [7, 11) is 0. The number of amides is 1. The van der Waals surface area contributed by atoms with Gasteiger partial charge in [0.1, 0.15) is 17.4 Å². The molecule has 2 aliphatic heterocycles. The summed E-state index contributed by atoms with van der Waals surface area (Å²) in [5, 5.41) is 12.1. The summed E-state index contributed by atoms with van der Waals surface area (Å²) in [6.45, 7) is 3.84. The Kier molecular flexibility index (Phi) is 8.88. The first-order valence-electron chi connectivity index (χ1n) is 11.7. The third kappa shape index (κ3) is 6.12. The number of nitrogens with zero attached hydrogens (tertiary/aromatic N) is 2. The third-order valence-corrected chi connectivity index (χ3v) is 6.84. The molecule has 2 fully saturated rings.